The minimum absolute atomic E-state index is 0. The number of alkyl halides is 3. The van der Waals surface area contributed by atoms with Crippen LogP contribution in [-0.4, -0.2) is 55.4 Å². The van der Waals surface area contributed by atoms with Gasteiger partial charge in [-0.1, -0.05) is 12.1 Å². The van der Waals surface area contributed by atoms with Crippen LogP contribution in [-0.2, 0) is 22.7 Å². The zero-order valence-corrected chi connectivity index (χ0v) is 22.2. The Morgan fingerprint density at radius 2 is 1.64 bits per heavy atom. The maximum atomic E-state index is 13.2. The summed E-state index contributed by atoms with van der Waals surface area (Å²) in [5, 5.41) is 0.742. The first-order valence-corrected chi connectivity index (χ1v) is 12.2. The number of likely N-dealkylation sites (N-methyl/N-ethyl adjacent to an activating group) is 1. The van der Waals surface area contributed by atoms with Crippen molar-refractivity contribution in [2.45, 2.75) is 17.6 Å². The Labute approximate surface area is 216 Å². The normalized spacial score (nSPS) is 15.8. The Morgan fingerprint density at radius 1 is 0.970 bits per heavy atom. The molecule has 12 heteroatoms. The molecule has 0 N–H and O–H groups in total. The second kappa shape index (κ2) is 10.7. The van der Waals surface area contributed by atoms with Crippen LogP contribution in [0.1, 0.15) is 11.1 Å². The molecule has 0 radical (unpaired) electrons. The number of benzene rings is 2. The Bertz CT molecular complexity index is 1230. The van der Waals surface area contributed by atoms with E-state index in [1.54, 1.807) is 12.1 Å². The van der Waals surface area contributed by atoms with Gasteiger partial charge in [-0.15, -0.1) is 24.8 Å². The van der Waals surface area contributed by atoms with Gasteiger partial charge in [0.2, 0.25) is 0 Å². The van der Waals surface area contributed by atoms with Crippen LogP contribution < -0.4 is 0 Å². The average molecular weight is 636 g/mol. The maximum Gasteiger partial charge on any atom is 0.416 e. The molecule has 0 aliphatic carbocycles. The van der Waals surface area contributed by atoms with Crippen molar-refractivity contribution in [1.82, 2.24) is 13.8 Å². The first kappa shape index (κ1) is 28.2. The third-order valence-electron chi connectivity index (χ3n) is 5.48. The summed E-state index contributed by atoms with van der Waals surface area (Å²) in [6, 6.07) is 11.2. The third kappa shape index (κ3) is 5.96. The van der Waals surface area contributed by atoms with Crippen LogP contribution in [0.3, 0.4) is 0 Å². The summed E-state index contributed by atoms with van der Waals surface area (Å²) in [7, 11) is -2.09. The van der Waals surface area contributed by atoms with E-state index in [0.29, 0.717) is 15.3 Å². The van der Waals surface area contributed by atoms with Crippen molar-refractivity contribution in [2.75, 3.05) is 33.2 Å². The van der Waals surface area contributed by atoms with Crippen molar-refractivity contribution in [3.63, 3.8) is 0 Å². The highest BCUT2D eigenvalue weighted by Crippen LogP contribution is 2.33. The van der Waals surface area contributed by atoms with Gasteiger partial charge in [0.1, 0.15) is 0 Å². The fraction of sp³-hybridized carbons (Fsp3) is 0.333. The van der Waals surface area contributed by atoms with Gasteiger partial charge in [0.05, 0.1) is 19.7 Å². The number of aromatic nitrogens is 1. The molecular weight excluding hydrogens is 613 g/mol. The van der Waals surface area contributed by atoms with E-state index < -0.39 is 21.8 Å². The fourth-order valence-electron chi connectivity index (χ4n) is 3.75. The van der Waals surface area contributed by atoms with Gasteiger partial charge < -0.3 is 4.90 Å². The van der Waals surface area contributed by atoms with Crippen molar-refractivity contribution in [3.8, 4) is 0 Å². The molecule has 1 aromatic heterocycles. The zero-order chi connectivity index (χ0) is 22.4. The Kier molecular flexibility index (Phi) is 9.14. The van der Waals surface area contributed by atoms with E-state index in [4.69, 9.17) is 0 Å². The van der Waals surface area contributed by atoms with Gasteiger partial charge >= 0.3 is 6.18 Å². The predicted molar refractivity (Wildman–Crippen MR) is 136 cm³/mol. The molecule has 1 aliphatic heterocycles. The smallest absolute Gasteiger partial charge is 0.304 e. The molecule has 0 saturated carbocycles. The molecule has 0 bridgehead atoms. The van der Waals surface area contributed by atoms with E-state index in [9.17, 15) is 21.6 Å². The van der Waals surface area contributed by atoms with Crippen LogP contribution in [0.15, 0.2) is 53.4 Å². The molecule has 1 aliphatic rings. The van der Waals surface area contributed by atoms with Crippen LogP contribution in [0.4, 0.5) is 13.2 Å². The molecule has 1 fully saturated rings. The highest BCUT2D eigenvalue weighted by atomic mass is 127. The van der Waals surface area contributed by atoms with Gasteiger partial charge in [-0.3, -0.25) is 4.90 Å². The van der Waals surface area contributed by atoms with E-state index in [1.807, 2.05) is 34.7 Å². The largest absolute Gasteiger partial charge is 0.416 e. The lowest BCUT2D eigenvalue weighted by Gasteiger charge is -2.32. The summed E-state index contributed by atoms with van der Waals surface area (Å²) in [5.41, 5.74) is 0.528. The van der Waals surface area contributed by atoms with Gasteiger partial charge in [0.25, 0.3) is 10.0 Å². The zero-order valence-electron chi connectivity index (χ0n) is 17.5. The second-order valence-electron chi connectivity index (χ2n) is 7.73. The molecule has 4 rings (SSSR count). The summed E-state index contributed by atoms with van der Waals surface area (Å²) in [6.07, 6.45) is -4.62. The van der Waals surface area contributed by atoms with Gasteiger partial charge in [0, 0.05) is 38.1 Å². The number of hydrogen-bond donors (Lipinski definition) is 0. The molecule has 0 amide bonds. The van der Waals surface area contributed by atoms with Crippen molar-refractivity contribution in [2.24, 2.45) is 0 Å². The molecule has 2 aromatic carbocycles. The summed E-state index contributed by atoms with van der Waals surface area (Å²) in [5.74, 6) is 0. The molecule has 0 spiro atoms. The second-order valence-corrected chi connectivity index (χ2v) is 10.6. The summed E-state index contributed by atoms with van der Waals surface area (Å²) >= 11 is 1.91. The summed E-state index contributed by atoms with van der Waals surface area (Å²) in [4.78, 5) is 4.24. The van der Waals surface area contributed by atoms with Crippen LogP contribution in [0.2, 0.25) is 0 Å². The number of rotatable bonds is 4. The molecule has 2 heterocycles. The first-order chi connectivity index (χ1) is 14.6. The minimum Gasteiger partial charge on any atom is -0.304 e. The Balaban J connectivity index is 0.00000193. The van der Waals surface area contributed by atoms with Crippen molar-refractivity contribution in [3.05, 3.63) is 63.4 Å². The van der Waals surface area contributed by atoms with Crippen molar-refractivity contribution < 1.29 is 21.6 Å². The topological polar surface area (TPSA) is 45.5 Å². The summed E-state index contributed by atoms with van der Waals surface area (Å²) in [6.45, 7) is 4.72. The van der Waals surface area contributed by atoms with E-state index >= 15 is 0 Å². The monoisotopic (exact) mass is 635 g/mol. The predicted octanol–water partition coefficient (Wildman–Crippen LogP) is 5.09. The van der Waals surface area contributed by atoms with Gasteiger partial charge in [0.15, 0.2) is 0 Å². The highest BCUT2D eigenvalue weighted by molar-refractivity contribution is 14.1. The first-order valence-electron chi connectivity index (χ1n) is 9.69. The van der Waals surface area contributed by atoms with Crippen molar-refractivity contribution in [1.29, 1.82) is 0 Å². The number of nitrogens with zero attached hydrogens (tertiary/aromatic N) is 3. The minimum atomic E-state index is -4.62. The molecule has 182 valence electrons. The molecule has 5 nitrogen and oxygen atoms in total. The van der Waals surface area contributed by atoms with E-state index in [0.717, 1.165) is 59.8 Å². The highest BCUT2D eigenvalue weighted by Gasteiger charge is 2.32. The van der Waals surface area contributed by atoms with Crippen molar-refractivity contribution >= 4 is 68.3 Å². The van der Waals surface area contributed by atoms with E-state index in [-0.39, 0.29) is 29.7 Å². The van der Waals surface area contributed by atoms with Crippen LogP contribution in [0.25, 0.3) is 10.9 Å². The number of halogens is 6. The molecular formula is C21H23Cl2F3IN3O2S. The fourth-order valence-corrected chi connectivity index (χ4v) is 6.57. The Morgan fingerprint density at radius 3 is 2.27 bits per heavy atom. The molecule has 0 unspecified atom stereocenters. The van der Waals surface area contributed by atoms with Crippen LogP contribution >= 0.6 is 47.4 Å². The van der Waals surface area contributed by atoms with E-state index in [1.165, 1.54) is 6.07 Å². The summed E-state index contributed by atoms with van der Waals surface area (Å²) < 4.78 is 67.2. The third-order valence-corrected chi connectivity index (χ3v) is 8.33. The maximum absolute atomic E-state index is 13.2. The average Bonchev–Trinajstić information content (AvgIpc) is 3.05. The lowest BCUT2D eigenvalue weighted by molar-refractivity contribution is -0.137. The number of fused-ring (bicyclic) bond motifs is 1. The lowest BCUT2D eigenvalue weighted by Crippen LogP contribution is -2.43. The molecule has 3 aromatic rings. The molecule has 0 atom stereocenters. The number of piperazine rings is 1. The lowest BCUT2D eigenvalue weighted by atomic mass is 10.1. The van der Waals surface area contributed by atoms with Crippen LogP contribution in [0, 0.1) is 3.70 Å². The standard InChI is InChI=1S/C21H21F3IN3O2S.2ClH/c1-26-7-9-27(10-8-26)14-15-5-6-19-16(11-15)12-20(25)28(19)31(29,30)18-4-2-3-17(13-18)21(22,23)24;;/h2-6,11-13H,7-10,14H2,1H3;2*1H. The quantitative estimate of drug-likeness (QED) is 0.375. The molecule has 1 saturated heterocycles. The Hall–Kier alpha value is -1.05. The van der Waals surface area contributed by atoms with Gasteiger partial charge in [-0.05, 0) is 71.6 Å². The number of hydrogen-bond acceptors (Lipinski definition) is 4. The van der Waals surface area contributed by atoms with Crippen LogP contribution in [0.5, 0.6) is 0 Å². The SMILES string of the molecule is CN1CCN(Cc2ccc3c(c2)cc(I)n3S(=O)(=O)c2cccc(C(F)(F)F)c2)CC1.Cl.Cl. The molecule has 33 heavy (non-hydrogen) atoms. The van der Waals surface area contributed by atoms with Gasteiger partial charge in [-0.25, -0.2) is 12.4 Å². The van der Waals surface area contributed by atoms with E-state index in [2.05, 4.69) is 16.8 Å². The van der Waals surface area contributed by atoms with Gasteiger partial charge in [-0.2, -0.15) is 13.2 Å².